The third-order valence-electron chi connectivity index (χ3n) is 3.55. The number of nitrogen functional groups attached to an aromatic ring is 1. The largest absolute Gasteiger partial charge is 0.366 e. The van der Waals surface area contributed by atoms with E-state index in [1.165, 1.54) is 0 Å². The van der Waals surface area contributed by atoms with E-state index in [2.05, 4.69) is 54.9 Å². The van der Waals surface area contributed by atoms with Crippen molar-refractivity contribution in [3.05, 3.63) is 11.9 Å². The first-order valence-corrected chi connectivity index (χ1v) is 7.53. The lowest BCUT2D eigenvalue weighted by Gasteiger charge is -2.48. The molecule has 0 spiro atoms. The van der Waals surface area contributed by atoms with E-state index in [1.54, 1.807) is 6.33 Å². The minimum atomic E-state index is -0.216. The average Bonchev–Trinajstić information content (AvgIpc) is 2.35. The number of nitrogens with two attached hydrogens (primary N) is 1. The van der Waals surface area contributed by atoms with Crippen LogP contribution in [0.15, 0.2) is 6.33 Å². The highest BCUT2D eigenvalue weighted by Crippen LogP contribution is 2.33. The number of rotatable bonds is 4. The topological polar surface area (TPSA) is 76.3 Å². The molecule has 6 nitrogen and oxygen atoms in total. The van der Waals surface area contributed by atoms with Crippen LogP contribution < -0.4 is 16.2 Å². The first-order valence-electron chi connectivity index (χ1n) is 7.53. The number of morpholine rings is 1. The van der Waals surface area contributed by atoms with Crippen LogP contribution >= 0.6 is 0 Å². The Morgan fingerprint density at radius 3 is 2.38 bits per heavy atom. The highest BCUT2D eigenvalue weighted by atomic mass is 16.5. The Hall–Kier alpha value is -1.40. The molecule has 2 heterocycles. The predicted molar refractivity (Wildman–Crippen MR) is 85.3 cm³/mol. The van der Waals surface area contributed by atoms with Gasteiger partial charge in [0.05, 0.1) is 11.2 Å². The van der Waals surface area contributed by atoms with Crippen molar-refractivity contribution in [1.29, 1.82) is 0 Å². The number of hydrazine groups is 1. The van der Waals surface area contributed by atoms with Crippen LogP contribution in [0.1, 0.15) is 46.6 Å². The number of nitrogens with one attached hydrogen (secondary N) is 1. The van der Waals surface area contributed by atoms with E-state index in [0.717, 1.165) is 37.3 Å². The zero-order valence-electron chi connectivity index (χ0n) is 13.7. The fourth-order valence-electron chi connectivity index (χ4n) is 3.22. The molecule has 0 unspecified atom stereocenters. The average molecular weight is 293 g/mol. The molecule has 0 amide bonds. The molecule has 1 aliphatic heterocycles. The highest BCUT2D eigenvalue weighted by Gasteiger charge is 2.39. The fourth-order valence-corrected chi connectivity index (χ4v) is 3.22. The third-order valence-corrected chi connectivity index (χ3v) is 3.55. The van der Waals surface area contributed by atoms with Crippen molar-refractivity contribution in [1.82, 2.24) is 9.97 Å². The van der Waals surface area contributed by atoms with Gasteiger partial charge in [0.15, 0.2) is 0 Å². The molecule has 0 aliphatic carbocycles. The summed E-state index contributed by atoms with van der Waals surface area (Å²) in [5.74, 6) is 7.28. The van der Waals surface area contributed by atoms with Crippen LogP contribution in [0.4, 0.5) is 11.6 Å². The summed E-state index contributed by atoms with van der Waals surface area (Å²) >= 11 is 0. The number of hydrogen-bond acceptors (Lipinski definition) is 6. The summed E-state index contributed by atoms with van der Waals surface area (Å²) in [6.45, 7) is 12.2. The minimum Gasteiger partial charge on any atom is -0.366 e. The van der Waals surface area contributed by atoms with Crippen LogP contribution in [0.25, 0.3) is 0 Å². The summed E-state index contributed by atoms with van der Waals surface area (Å²) in [5.41, 5.74) is 3.34. The second-order valence-electron chi connectivity index (χ2n) is 6.90. The van der Waals surface area contributed by atoms with Gasteiger partial charge in [0.25, 0.3) is 0 Å². The van der Waals surface area contributed by atoms with E-state index in [9.17, 15) is 0 Å². The molecule has 0 saturated carbocycles. The van der Waals surface area contributed by atoms with Gasteiger partial charge in [0, 0.05) is 18.7 Å². The smallest absolute Gasteiger partial charge is 0.148 e. The van der Waals surface area contributed by atoms with E-state index in [1.807, 2.05) is 0 Å². The van der Waals surface area contributed by atoms with Gasteiger partial charge in [-0.3, -0.25) is 0 Å². The maximum absolute atomic E-state index is 6.14. The molecule has 0 radical (unpaired) electrons. The van der Waals surface area contributed by atoms with E-state index in [4.69, 9.17) is 10.6 Å². The molecule has 1 aliphatic rings. The van der Waals surface area contributed by atoms with E-state index < -0.39 is 0 Å². The first kappa shape index (κ1) is 16.0. The maximum atomic E-state index is 6.14. The Labute approximate surface area is 127 Å². The molecule has 0 atom stereocenters. The summed E-state index contributed by atoms with van der Waals surface area (Å²) in [5, 5.41) is 0. The molecule has 1 aromatic heterocycles. The fraction of sp³-hybridized carbons (Fsp3) is 0.733. The number of nitrogens with zero attached hydrogens (tertiary/aromatic N) is 3. The van der Waals surface area contributed by atoms with E-state index >= 15 is 0 Å². The number of ether oxygens (including phenoxy) is 1. The van der Waals surface area contributed by atoms with Gasteiger partial charge in [0.1, 0.15) is 18.0 Å². The van der Waals surface area contributed by atoms with Crippen LogP contribution in [-0.4, -0.2) is 34.3 Å². The maximum Gasteiger partial charge on any atom is 0.148 e. The lowest BCUT2D eigenvalue weighted by atomic mass is 9.98. The third kappa shape index (κ3) is 3.63. The van der Waals surface area contributed by atoms with Crippen molar-refractivity contribution in [3.63, 3.8) is 0 Å². The Morgan fingerprint density at radius 1 is 1.24 bits per heavy atom. The zero-order chi connectivity index (χ0) is 15.7. The van der Waals surface area contributed by atoms with Crippen LogP contribution in [0.2, 0.25) is 0 Å². The van der Waals surface area contributed by atoms with Crippen molar-refractivity contribution >= 4 is 11.6 Å². The summed E-state index contributed by atoms with van der Waals surface area (Å²) in [7, 11) is 0. The van der Waals surface area contributed by atoms with Gasteiger partial charge in [-0.15, -0.1) is 0 Å². The molecular weight excluding hydrogens is 266 g/mol. The highest BCUT2D eigenvalue weighted by molar-refractivity contribution is 5.59. The van der Waals surface area contributed by atoms with Crippen molar-refractivity contribution < 1.29 is 4.74 Å². The Balaban J connectivity index is 2.40. The van der Waals surface area contributed by atoms with Crippen LogP contribution in [0, 0.1) is 0 Å². The van der Waals surface area contributed by atoms with Crippen LogP contribution in [0.5, 0.6) is 0 Å². The molecule has 0 aromatic carbocycles. The van der Waals surface area contributed by atoms with Crippen LogP contribution in [-0.2, 0) is 11.2 Å². The minimum absolute atomic E-state index is 0.216. The second kappa shape index (κ2) is 5.77. The summed E-state index contributed by atoms with van der Waals surface area (Å²) in [6.07, 6.45) is 3.49. The number of anilines is 2. The monoisotopic (exact) mass is 293 g/mol. The van der Waals surface area contributed by atoms with Gasteiger partial charge in [-0.25, -0.2) is 15.8 Å². The van der Waals surface area contributed by atoms with Crippen LogP contribution in [0.3, 0.4) is 0 Å². The molecular formula is C15H27N5O. The lowest BCUT2D eigenvalue weighted by Crippen LogP contribution is -2.57. The van der Waals surface area contributed by atoms with Gasteiger partial charge >= 0.3 is 0 Å². The molecule has 3 N–H and O–H groups in total. The SMILES string of the molecule is CCCc1c(NN)ncnc1N1CC(C)(C)OC(C)(C)C1. The van der Waals surface area contributed by atoms with Crippen molar-refractivity contribution in [2.45, 2.75) is 58.7 Å². The summed E-state index contributed by atoms with van der Waals surface area (Å²) < 4.78 is 6.14. The molecule has 1 aromatic rings. The molecule has 6 heteroatoms. The van der Waals surface area contributed by atoms with Gasteiger partial charge in [0.2, 0.25) is 0 Å². The Bertz CT molecular complexity index is 485. The lowest BCUT2D eigenvalue weighted by molar-refractivity contribution is -0.133. The Morgan fingerprint density at radius 2 is 1.86 bits per heavy atom. The molecule has 118 valence electrons. The van der Waals surface area contributed by atoms with E-state index in [-0.39, 0.29) is 11.2 Å². The molecule has 21 heavy (non-hydrogen) atoms. The molecule has 0 bridgehead atoms. The van der Waals surface area contributed by atoms with Crippen molar-refractivity contribution in [2.24, 2.45) is 5.84 Å². The standard InChI is InChI=1S/C15H27N5O/c1-6-7-11-12(19-16)17-10-18-13(11)20-8-14(2,3)21-15(4,5)9-20/h10H,6-9,16H2,1-5H3,(H,17,18,19). The number of hydrogen-bond donors (Lipinski definition) is 2. The van der Waals surface area contributed by atoms with Gasteiger partial charge in [-0.05, 0) is 34.1 Å². The molecule has 1 fully saturated rings. The molecule has 2 rings (SSSR count). The normalized spacial score (nSPS) is 20.4. The van der Waals surface area contributed by atoms with Gasteiger partial charge in [-0.1, -0.05) is 13.3 Å². The summed E-state index contributed by atoms with van der Waals surface area (Å²) in [6, 6.07) is 0. The van der Waals surface area contributed by atoms with Crippen molar-refractivity contribution in [3.8, 4) is 0 Å². The van der Waals surface area contributed by atoms with Gasteiger partial charge in [-0.2, -0.15) is 0 Å². The second-order valence-corrected chi connectivity index (χ2v) is 6.90. The summed E-state index contributed by atoms with van der Waals surface area (Å²) in [4.78, 5) is 11.1. The zero-order valence-corrected chi connectivity index (χ0v) is 13.7. The Kier molecular flexibility index (Phi) is 4.39. The molecule has 1 saturated heterocycles. The quantitative estimate of drug-likeness (QED) is 0.654. The first-order chi connectivity index (χ1) is 9.78. The van der Waals surface area contributed by atoms with Gasteiger partial charge < -0.3 is 15.1 Å². The van der Waals surface area contributed by atoms with E-state index in [0.29, 0.717) is 5.82 Å². The predicted octanol–water partition coefficient (Wildman–Crippen LogP) is 2.11. The van der Waals surface area contributed by atoms with Crippen molar-refractivity contribution in [2.75, 3.05) is 23.4 Å². The number of aromatic nitrogens is 2.